The fraction of sp³-hybridized carbons (Fsp3) is 0.323. The number of benzene rings is 2. The summed E-state index contributed by atoms with van der Waals surface area (Å²) in [5, 5.41) is 2.54. The van der Waals surface area contributed by atoms with Crippen molar-refractivity contribution in [2.75, 3.05) is 13.2 Å². The van der Waals surface area contributed by atoms with Crippen molar-refractivity contribution in [3.8, 4) is 22.8 Å². The molecule has 2 aromatic carbocycles. The summed E-state index contributed by atoms with van der Waals surface area (Å²) >= 11 is 0. The van der Waals surface area contributed by atoms with E-state index in [0.717, 1.165) is 19.0 Å². The molecule has 0 radical (unpaired) electrons. The Labute approximate surface area is 242 Å². The number of carbonyl (C=O) groups excluding carboxylic acids is 1. The van der Waals surface area contributed by atoms with Gasteiger partial charge in [-0.3, -0.25) is 9.78 Å². The van der Waals surface area contributed by atoms with E-state index in [1.54, 1.807) is 0 Å². The summed E-state index contributed by atoms with van der Waals surface area (Å²) < 4.78 is 95.2. The number of fused-ring (bicyclic) bond motifs is 2. The zero-order valence-corrected chi connectivity index (χ0v) is 22.7. The number of nitrogens with one attached hydrogen (secondary N) is 1. The molecule has 12 heteroatoms. The van der Waals surface area contributed by atoms with Gasteiger partial charge in [-0.15, -0.1) is 0 Å². The summed E-state index contributed by atoms with van der Waals surface area (Å²) in [4.78, 5) is 21.6. The number of alkyl halides is 5. The van der Waals surface area contributed by atoms with E-state index in [1.807, 2.05) is 6.92 Å². The van der Waals surface area contributed by atoms with Crippen LogP contribution in [0, 0.1) is 5.82 Å². The van der Waals surface area contributed by atoms with Crippen molar-refractivity contribution in [1.29, 1.82) is 0 Å². The summed E-state index contributed by atoms with van der Waals surface area (Å²) in [5.74, 6) is -3.24. The number of hydrogen-bond donors (Lipinski definition) is 1. The maximum absolute atomic E-state index is 14.5. The Balaban J connectivity index is 1.33. The molecule has 0 spiro atoms. The number of aromatic nitrogens is 2. The van der Waals surface area contributed by atoms with E-state index in [2.05, 4.69) is 15.3 Å². The third-order valence-corrected chi connectivity index (χ3v) is 7.47. The third-order valence-electron chi connectivity index (χ3n) is 7.47. The average Bonchev–Trinajstić information content (AvgIpc) is 3.71. The average molecular weight is 602 g/mol. The van der Waals surface area contributed by atoms with Gasteiger partial charge in [-0.05, 0) is 61.4 Å². The van der Waals surface area contributed by atoms with Gasteiger partial charge in [0.2, 0.25) is 0 Å². The lowest BCUT2D eigenvalue weighted by Crippen LogP contribution is -2.35. The lowest BCUT2D eigenvalue weighted by molar-refractivity contribution is -0.149. The van der Waals surface area contributed by atoms with E-state index in [1.165, 1.54) is 48.5 Å². The van der Waals surface area contributed by atoms with Crippen LogP contribution in [0.1, 0.15) is 65.2 Å². The minimum atomic E-state index is -4.79. The number of hydrogen-bond acceptors (Lipinski definition) is 5. The van der Waals surface area contributed by atoms with Crippen molar-refractivity contribution >= 4 is 16.8 Å². The molecule has 1 aliphatic carbocycles. The molecule has 1 fully saturated rings. The third kappa shape index (κ3) is 5.95. The van der Waals surface area contributed by atoms with Crippen LogP contribution in [0.25, 0.3) is 22.2 Å². The second-order valence-corrected chi connectivity index (χ2v) is 10.8. The Morgan fingerprint density at radius 3 is 2.53 bits per heavy atom. The molecule has 2 aliphatic rings. The van der Waals surface area contributed by atoms with Crippen molar-refractivity contribution in [3.63, 3.8) is 0 Å². The summed E-state index contributed by atoms with van der Waals surface area (Å²) in [6, 6.07) is 10.3. The van der Waals surface area contributed by atoms with E-state index in [4.69, 9.17) is 9.47 Å². The van der Waals surface area contributed by atoms with Crippen LogP contribution < -0.4 is 14.8 Å². The molecule has 4 aromatic rings. The van der Waals surface area contributed by atoms with Crippen LogP contribution in [0.4, 0.5) is 26.3 Å². The standard InChI is InChI=1S/C31H25F6N3O3/c1-15-14-42-28-22(15)11-24(40-27(28)16-2-4-20(32)5-3-16)23(31(35,36)37)13-39-30(41)18-8-17-9-19(29(33)34)12-38-26(17)25(10-18)43-21-6-7-21/h2-5,8-12,15,21,23,29H,6-7,13-14H2,1H3,(H,39,41). The number of halogens is 6. The van der Waals surface area contributed by atoms with E-state index in [0.29, 0.717) is 16.9 Å². The highest BCUT2D eigenvalue weighted by atomic mass is 19.4. The SMILES string of the molecule is CC1COc2c1cc(C(CNC(=O)c1cc(OC3CC3)c3ncc(C(F)F)cc3c1)C(F)(F)F)nc2-c1ccc(F)cc1. The monoisotopic (exact) mass is 601 g/mol. The van der Waals surface area contributed by atoms with E-state index in [-0.39, 0.29) is 57.8 Å². The van der Waals surface area contributed by atoms with Crippen LogP contribution in [0.2, 0.25) is 0 Å². The van der Waals surface area contributed by atoms with Crippen LogP contribution in [0.5, 0.6) is 11.5 Å². The van der Waals surface area contributed by atoms with Gasteiger partial charge in [0.15, 0.2) is 0 Å². The zero-order valence-electron chi connectivity index (χ0n) is 22.7. The van der Waals surface area contributed by atoms with Crippen LogP contribution >= 0.6 is 0 Å². The molecule has 6 nitrogen and oxygen atoms in total. The Hall–Kier alpha value is -4.35. The number of carbonyl (C=O) groups is 1. The predicted octanol–water partition coefficient (Wildman–Crippen LogP) is 7.49. The second-order valence-electron chi connectivity index (χ2n) is 10.8. The van der Waals surface area contributed by atoms with E-state index < -0.39 is 36.8 Å². The first-order valence-electron chi connectivity index (χ1n) is 13.6. The topological polar surface area (TPSA) is 73.3 Å². The molecule has 6 rings (SSSR count). The minimum absolute atomic E-state index is 0.0618. The van der Waals surface area contributed by atoms with Gasteiger partial charge in [-0.25, -0.2) is 18.2 Å². The normalized spacial score (nSPS) is 17.1. The van der Waals surface area contributed by atoms with Gasteiger partial charge in [0.1, 0.15) is 34.4 Å². The highest BCUT2D eigenvalue weighted by molar-refractivity contribution is 6.00. The maximum atomic E-state index is 14.5. The van der Waals surface area contributed by atoms with Gasteiger partial charge in [0.25, 0.3) is 12.3 Å². The van der Waals surface area contributed by atoms with Gasteiger partial charge in [-0.2, -0.15) is 13.2 Å². The van der Waals surface area contributed by atoms with Gasteiger partial charge in [0.05, 0.1) is 18.4 Å². The molecular formula is C31H25F6N3O3. The summed E-state index contributed by atoms with van der Waals surface area (Å²) in [6.07, 6.45) is -5.13. The van der Waals surface area contributed by atoms with Crippen molar-refractivity contribution in [3.05, 3.63) is 82.9 Å². The molecular weight excluding hydrogens is 576 g/mol. The van der Waals surface area contributed by atoms with Gasteiger partial charge in [0, 0.05) is 46.3 Å². The molecule has 0 bridgehead atoms. The molecule has 43 heavy (non-hydrogen) atoms. The summed E-state index contributed by atoms with van der Waals surface area (Å²) in [7, 11) is 0. The van der Waals surface area contributed by atoms with Crippen molar-refractivity contribution < 1.29 is 40.6 Å². The number of pyridine rings is 2. The predicted molar refractivity (Wildman–Crippen MR) is 145 cm³/mol. The molecule has 0 saturated heterocycles. The highest BCUT2D eigenvalue weighted by Crippen LogP contribution is 2.44. The first kappa shape index (κ1) is 28.8. The first-order valence-corrected chi connectivity index (χ1v) is 13.6. The number of ether oxygens (including phenoxy) is 2. The largest absolute Gasteiger partial charge is 0.490 e. The molecule has 1 saturated carbocycles. The number of nitrogens with zero attached hydrogens (tertiary/aromatic N) is 2. The Morgan fingerprint density at radius 1 is 1.12 bits per heavy atom. The molecule has 2 atom stereocenters. The minimum Gasteiger partial charge on any atom is -0.490 e. The maximum Gasteiger partial charge on any atom is 0.398 e. The van der Waals surface area contributed by atoms with Gasteiger partial charge < -0.3 is 14.8 Å². The van der Waals surface area contributed by atoms with Crippen LogP contribution in [-0.4, -0.2) is 41.3 Å². The number of rotatable bonds is 8. The second kappa shape index (κ2) is 11.1. The summed E-state index contributed by atoms with van der Waals surface area (Å²) in [5.41, 5.74) is 0.582. The fourth-order valence-electron chi connectivity index (χ4n) is 5.00. The lowest BCUT2D eigenvalue weighted by Gasteiger charge is -2.22. The van der Waals surface area contributed by atoms with Crippen LogP contribution in [0.15, 0.2) is 54.7 Å². The Morgan fingerprint density at radius 2 is 1.86 bits per heavy atom. The molecule has 1 N–H and O–H groups in total. The van der Waals surface area contributed by atoms with E-state index in [9.17, 15) is 31.1 Å². The smallest absolute Gasteiger partial charge is 0.398 e. The first-order chi connectivity index (χ1) is 20.5. The number of amides is 1. The Bertz CT molecular complexity index is 1690. The molecule has 2 unspecified atom stereocenters. The van der Waals surface area contributed by atoms with Gasteiger partial charge >= 0.3 is 6.18 Å². The quantitative estimate of drug-likeness (QED) is 0.212. The fourth-order valence-corrected chi connectivity index (χ4v) is 5.00. The van der Waals surface area contributed by atoms with Crippen molar-refractivity contribution in [2.45, 2.75) is 50.3 Å². The molecule has 1 aliphatic heterocycles. The van der Waals surface area contributed by atoms with Gasteiger partial charge in [-0.1, -0.05) is 6.92 Å². The van der Waals surface area contributed by atoms with Crippen molar-refractivity contribution in [1.82, 2.24) is 15.3 Å². The van der Waals surface area contributed by atoms with Crippen LogP contribution in [-0.2, 0) is 0 Å². The zero-order chi connectivity index (χ0) is 30.5. The van der Waals surface area contributed by atoms with Crippen LogP contribution in [0.3, 0.4) is 0 Å². The molecule has 224 valence electrons. The van der Waals surface area contributed by atoms with Crippen molar-refractivity contribution in [2.24, 2.45) is 0 Å². The molecule has 3 heterocycles. The molecule has 1 amide bonds. The summed E-state index contributed by atoms with van der Waals surface area (Å²) in [6.45, 7) is 1.21. The highest BCUT2D eigenvalue weighted by Gasteiger charge is 2.43. The lowest BCUT2D eigenvalue weighted by atomic mass is 9.95. The Kier molecular flexibility index (Phi) is 7.39. The molecule has 2 aromatic heterocycles. The van der Waals surface area contributed by atoms with E-state index >= 15 is 0 Å².